The van der Waals surface area contributed by atoms with E-state index in [0.29, 0.717) is 0 Å². The van der Waals surface area contributed by atoms with E-state index >= 15 is 0 Å². The van der Waals surface area contributed by atoms with Crippen LogP contribution in [0.25, 0.3) is 0 Å². The van der Waals surface area contributed by atoms with Crippen LogP contribution in [0.5, 0.6) is 0 Å². The Kier molecular flexibility index (Phi) is 8.72. The molecule has 0 spiro atoms. The van der Waals surface area contributed by atoms with Gasteiger partial charge in [0.25, 0.3) is 0 Å². The molecule has 0 aromatic rings. The van der Waals surface area contributed by atoms with Crippen molar-refractivity contribution < 1.29 is 56.9 Å². The van der Waals surface area contributed by atoms with Gasteiger partial charge in [-0.25, -0.2) is 0 Å². The monoisotopic (exact) mass is 494 g/mol. The van der Waals surface area contributed by atoms with Crippen molar-refractivity contribution in [3.8, 4) is 0 Å². The van der Waals surface area contributed by atoms with Gasteiger partial charge in [0.05, 0.1) is 54.4 Å². The Morgan fingerprint density at radius 2 is 1.11 bits per heavy atom. The van der Waals surface area contributed by atoms with E-state index in [9.17, 15) is 0 Å². The van der Waals surface area contributed by atoms with Crippen LogP contribution < -0.4 is 48.0 Å². The molecule has 0 aromatic heterocycles. The van der Waals surface area contributed by atoms with E-state index in [-0.39, 0.29) is 48.0 Å². The Bertz CT molecular complexity index is 241. The van der Waals surface area contributed by atoms with E-state index in [1.165, 1.54) is 67.2 Å². The van der Waals surface area contributed by atoms with Gasteiger partial charge in [0, 0.05) is 24.7 Å². The summed E-state index contributed by atoms with van der Waals surface area (Å²) in [7, 11) is 9.54. The van der Waals surface area contributed by atoms with Gasteiger partial charge in [-0.2, -0.15) is 0 Å². The Morgan fingerprint density at radius 1 is 0.737 bits per heavy atom. The van der Waals surface area contributed by atoms with Crippen LogP contribution in [-0.2, 0) is 0 Å². The smallest absolute Gasteiger partial charge is 0.0813 e. The number of nitrogens with zero attached hydrogens (tertiary/aromatic N) is 2. The summed E-state index contributed by atoms with van der Waals surface area (Å²) < 4.78 is 2.52. The molecule has 116 valence electrons. The third-order valence-electron chi connectivity index (χ3n) is 5.01. The van der Waals surface area contributed by atoms with Crippen LogP contribution >= 0.6 is 0 Å². The van der Waals surface area contributed by atoms with Crippen molar-refractivity contribution >= 4 is 0 Å². The van der Waals surface area contributed by atoms with Crippen molar-refractivity contribution in [1.29, 1.82) is 0 Å². The van der Waals surface area contributed by atoms with Gasteiger partial charge in [-0.3, -0.25) is 0 Å². The first-order valence-electron chi connectivity index (χ1n) is 7.50. The standard InChI is InChI=1S/C15H32N2.2HI/c1-16(2)10-8-14(12-16)6-5-7-15-9-11-17(3,4)13-15;;/h14-15H,5-13H2,1-4H3;2*1H/q+2;;/p-2. The number of likely N-dealkylation sites (tertiary alicyclic amines) is 2. The zero-order chi connectivity index (χ0) is 12.5. The molecule has 0 N–H and O–H groups in total. The first kappa shape index (κ1) is 20.4. The minimum atomic E-state index is 0. The van der Waals surface area contributed by atoms with Crippen LogP contribution in [0.1, 0.15) is 32.1 Å². The molecule has 0 aliphatic carbocycles. The highest BCUT2D eigenvalue weighted by molar-refractivity contribution is 4.69. The van der Waals surface area contributed by atoms with Gasteiger partial charge in [0.1, 0.15) is 0 Å². The molecular weight excluding hydrogens is 462 g/mol. The summed E-state index contributed by atoms with van der Waals surface area (Å²) in [5, 5.41) is 0. The summed E-state index contributed by atoms with van der Waals surface area (Å²) in [5.41, 5.74) is 0. The first-order valence-corrected chi connectivity index (χ1v) is 7.50. The fourth-order valence-electron chi connectivity index (χ4n) is 3.99. The molecule has 2 aliphatic heterocycles. The number of hydrogen-bond acceptors (Lipinski definition) is 0. The van der Waals surface area contributed by atoms with Gasteiger partial charge in [0.15, 0.2) is 0 Å². The molecule has 2 fully saturated rings. The fourth-order valence-corrected chi connectivity index (χ4v) is 3.99. The molecule has 2 rings (SSSR count). The van der Waals surface area contributed by atoms with E-state index in [2.05, 4.69) is 28.2 Å². The SMILES string of the molecule is C[N+]1(C)CCC(CCCC2CC[N+](C)(C)C2)C1.[I-].[I-]. The molecule has 0 radical (unpaired) electrons. The lowest BCUT2D eigenvalue weighted by atomic mass is 9.95. The highest BCUT2D eigenvalue weighted by Crippen LogP contribution is 2.29. The molecule has 0 amide bonds. The second-order valence-electron chi connectivity index (χ2n) is 7.92. The van der Waals surface area contributed by atoms with Crippen molar-refractivity contribution in [3.63, 3.8) is 0 Å². The van der Waals surface area contributed by atoms with E-state index in [4.69, 9.17) is 0 Å². The second kappa shape index (κ2) is 8.13. The lowest BCUT2D eigenvalue weighted by molar-refractivity contribution is -0.879. The number of rotatable bonds is 4. The molecule has 2 atom stereocenters. The fraction of sp³-hybridized carbons (Fsp3) is 1.00. The Labute approximate surface area is 154 Å². The van der Waals surface area contributed by atoms with Gasteiger partial charge in [-0.15, -0.1) is 0 Å². The maximum absolute atomic E-state index is 2.39. The van der Waals surface area contributed by atoms with Crippen LogP contribution in [0.4, 0.5) is 0 Å². The molecule has 2 aliphatic rings. The van der Waals surface area contributed by atoms with Gasteiger partial charge in [0.2, 0.25) is 0 Å². The minimum absolute atomic E-state index is 0. The maximum Gasteiger partial charge on any atom is 0.0813 e. The number of quaternary nitrogens is 2. The predicted molar refractivity (Wildman–Crippen MR) is 73.7 cm³/mol. The van der Waals surface area contributed by atoms with Crippen LogP contribution in [0.3, 0.4) is 0 Å². The summed E-state index contributed by atoms with van der Waals surface area (Å²) in [6, 6.07) is 0. The molecule has 2 nitrogen and oxygen atoms in total. The molecule has 2 heterocycles. The largest absolute Gasteiger partial charge is 1.00 e. The van der Waals surface area contributed by atoms with Gasteiger partial charge in [-0.1, -0.05) is 6.42 Å². The molecule has 4 heteroatoms. The van der Waals surface area contributed by atoms with Gasteiger partial charge < -0.3 is 56.9 Å². The summed E-state index contributed by atoms with van der Waals surface area (Å²) >= 11 is 0. The van der Waals surface area contributed by atoms with Crippen molar-refractivity contribution in [3.05, 3.63) is 0 Å². The maximum atomic E-state index is 2.39. The molecule has 2 saturated heterocycles. The molecule has 0 aromatic carbocycles. The van der Waals surface area contributed by atoms with E-state index in [1.54, 1.807) is 0 Å². The molecule has 0 saturated carbocycles. The van der Waals surface area contributed by atoms with Crippen molar-refractivity contribution in [2.45, 2.75) is 32.1 Å². The zero-order valence-corrected chi connectivity index (χ0v) is 17.5. The average molecular weight is 494 g/mol. The summed E-state index contributed by atoms with van der Waals surface area (Å²) in [5.74, 6) is 2.04. The van der Waals surface area contributed by atoms with E-state index in [0.717, 1.165) is 11.8 Å². The Balaban J connectivity index is 0.00000162. The minimum Gasteiger partial charge on any atom is -1.00 e. The lowest BCUT2D eigenvalue weighted by Gasteiger charge is -2.24. The van der Waals surface area contributed by atoms with Crippen LogP contribution in [0.15, 0.2) is 0 Å². The highest BCUT2D eigenvalue weighted by Gasteiger charge is 2.32. The number of hydrogen-bond donors (Lipinski definition) is 0. The molecule has 0 bridgehead atoms. The summed E-state index contributed by atoms with van der Waals surface area (Å²) in [4.78, 5) is 0. The van der Waals surface area contributed by atoms with Crippen molar-refractivity contribution in [2.75, 3.05) is 54.4 Å². The summed E-state index contributed by atoms with van der Waals surface area (Å²) in [6.45, 7) is 5.65. The third kappa shape index (κ3) is 6.78. The van der Waals surface area contributed by atoms with Gasteiger partial charge in [-0.05, 0) is 12.8 Å². The van der Waals surface area contributed by atoms with Crippen LogP contribution in [0, 0.1) is 11.8 Å². The molecule has 2 unspecified atom stereocenters. The van der Waals surface area contributed by atoms with Crippen molar-refractivity contribution in [2.24, 2.45) is 11.8 Å². The highest BCUT2D eigenvalue weighted by atomic mass is 127. The van der Waals surface area contributed by atoms with E-state index < -0.39 is 0 Å². The average Bonchev–Trinajstić information content (AvgIpc) is 2.70. The Morgan fingerprint density at radius 3 is 1.37 bits per heavy atom. The quantitative estimate of drug-likeness (QED) is 0.280. The van der Waals surface area contributed by atoms with Gasteiger partial charge >= 0.3 is 0 Å². The predicted octanol–water partition coefficient (Wildman–Crippen LogP) is -3.64. The third-order valence-corrected chi connectivity index (χ3v) is 5.01. The summed E-state index contributed by atoms with van der Waals surface area (Å²) in [6.07, 6.45) is 7.41. The van der Waals surface area contributed by atoms with Crippen LogP contribution in [0.2, 0.25) is 0 Å². The first-order chi connectivity index (χ1) is 7.86. The topological polar surface area (TPSA) is 0 Å². The lowest BCUT2D eigenvalue weighted by Crippen LogP contribution is -3.00. The van der Waals surface area contributed by atoms with Crippen LogP contribution in [-0.4, -0.2) is 63.3 Å². The molecule has 19 heavy (non-hydrogen) atoms. The Hall–Kier alpha value is 1.38. The second-order valence-corrected chi connectivity index (χ2v) is 7.92. The number of halogens is 2. The van der Waals surface area contributed by atoms with E-state index in [1.807, 2.05) is 0 Å². The zero-order valence-electron chi connectivity index (χ0n) is 13.2. The molecular formula is C15H32I2N2. The van der Waals surface area contributed by atoms with Crippen molar-refractivity contribution in [1.82, 2.24) is 0 Å². The normalized spacial score (nSPS) is 31.6.